The molecule has 1 heterocycles. The highest BCUT2D eigenvalue weighted by Crippen LogP contribution is 2.25. The first-order valence-corrected chi connectivity index (χ1v) is 42.0. The maximum Gasteiger partial charge on any atom is 0.248 e. The van der Waals surface area contributed by atoms with Crippen molar-refractivity contribution in [3.05, 3.63) is 0 Å². The third-order valence-electron chi connectivity index (χ3n) is 21.1. The molecular formula is C82H144N20O21. The summed E-state index contributed by atoms with van der Waals surface area (Å²) in [5.41, 5.74) is -2.90. The zero-order chi connectivity index (χ0) is 95.4. The molecule has 41 heteroatoms. The van der Waals surface area contributed by atoms with Gasteiger partial charge in [0.05, 0.1) is 25.7 Å². The number of amides is 20. The highest BCUT2D eigenvalue weighted by molar-refractivity contribution is 6.04. The SMILES string of the molecule is CCC(C)(NC(=O)C(CCC(N)=O)NC(=O)C(C)(CC)NC(=O)C(C)(C)NC(=O)C(C)NC(=O)CNC(=O)C(C)(C)NC(C)=O)C(=O)NC(C(=O)NC(C)(C)C(=O)NCC(=O)NC(CC(C)C)C(=O)NC(C)(C)C(=O)N1CCCC1C(=O)NC(CC(C)C)C(=O)NC(C)(C)C(=O)NC(C)(CC)C(=O)NC(CCC(N)=O)C(=O)NC(CO)CC(C)C)C(C)C. The molecule has 0 aromatic rings. The molecule has 1 aliphatic heterocycles. The summed E-state index contributed by atoms with van der Waals surface area (Å²) in [4.78, 5) is 273. The number of rotatable bonds is 51. The molecule has 0 bridgehead atoms. The van der Waals surface area contributed by atoms with E-state index in [4.69, 9.17) is 11.5 Å². The largest absolute Gasteiger partial charge is 0.394 e. The van der Waals surface area contributed by atoms with Crippen LogP contribution in [0.15, 0.2) is 0 Å². The van der Waals surface area contributed by atoms with Crippen molar-refractivity contribution in [2.45, 2.75) is 350 Å². The van der Waals surface area contributed by atoms with Gasteiger partial charge in [-0.15, -0.1) is 0 Å². The van der Waals surface area contributed by atoms with Crippen LogP contribution in [0.25, 0.3) is 0 Å². The van der Waals surface area contributed by atoms with Crippen LogP contribution in [0.1, 0.15) is 257 Å². The van der Waals surface area contributed by atoms with Crippen molar-refractivity contribution in [1.29, 1.82) is 0 Å². The first-order chi connectivity index (χ1) is 56.3. The molecule has 698 valence electrons. The zero-order valence-corrected chi connectivity index (χ0v) is 77.0. The van der Waals surface area contributed by atoms with E-state index in [0.29, 0.717) is 12.8 Å². The average Bonchev–Trinajstić information content (AvgIpc) is 1.34. The van der Waals surface area contributed by atoms with Crippen LogP contribution < -0.4 is 102 Å². The Morgan fingerprint density at radius 2 is 0.756 bits per heavy atom. The highest BCUT2D eigenvalue weighted by Gasteiger charge is 2.48. The van der Waals surface area contributed by atoms with Crippen molar-refractivity contribution in [3.8, 4) is 0 Å². The summed E-state index contributed by atoms with van der Waals surface area (Å²) < 4.78 is 0. The minimum Gasteiger partial charge on any atom is -0.394 e. The van der Waals surface area contributed by atoms with E-state index < -0.39 is 249 Å². The Morgan fingerprint density at radius 3 is 1.16 bits per heavy atom. The lowest BCUT2D eigenvalue weighted by Crippen LogP contribution is -2.67. The molecule has 0 aromatic carbocycles. The van der Waals surface area contributed by atoms with Crippen LogP contribution in [0.2, 0.25) is 0 Å². The van der Waals surface area contributed by atoms with Crippen LogP contribution in [0.5, 0.6) is 0 Å². The van der Waals surface area contributed by atoms with Gasteiger partial charge >= 0.3 is 0 Å². The van der Waals surface area contributed by atoms with Crippen LogP contribution in [-0.4, -0.2) is 247 Å². The highest BCUT2D eigenvalue weighted by atomic mass is 16.3. The van der Waals surface area contributed by atoms with E-state index in [1.54, 1.807) is 48.5 Å². The number of aliphatic hydroxyl groups excluding tert-OH is 1. The van der Waals surface area contributed by atoms with Gasteiger partial charge in [-0.2, -0.15) is 0 Å². The van der Waals surface area contributed by atoms with Gasteiger partial charge in [0.2, 0.25) is 118 Å². The second-order valence-corrected chi connectivity index (χ2v) is 36.7. The quantitative estimate of drug-likeness (QED) is 0.0294. The molecule has 22 N–H and O–H groups in total. The molecule has 41 nitrogen and oxygen atoms in total. The normalized spacial score (nSPS) is 16.3. The first kappa shape index (κ1) is 110. The smallest absolute Gasteiger partial charge is 0.248 e. The van der Waals surface area contributed by atoms with Crippen molar-refractivity contribution >= 4 is 118 Å². The third kappa shape index (κ3) is 35.3. The number of nitrogens with two attached hydrogens (primary N) is 2. The number of nitrogens with zero attached hydrogens (tertiary/aromatic N) is 1. The second-order valence-electron chi connectivity index (χ2n) is 36.7. The Hall–Kier alpha value is -10.6. The molecule has 0 radical (unpaired) electrons. The predicted molar refractivity (Wildman–Crippen MR) is 454 cm³/mol. The molecule has 0 saturated carbocycles. The van der Waals surface area contributed by atoms with Crippen molar-refractivity contribution in [2.75, 3.05) is 26.2 Å². The van der Waals surface area contributed by atoms with Crippen molar-refractivity contribution in [2.24, 2.45) is 35.1 Å². The van der Waals surface area contributed by atoms with Crippen LogP contribution in [0.3, 0.4) is 0 Å². The molecule has 0 aliphatic carbocycles. The fourth-order valence-corrected chi connectivity index (χ4v) is 12.7. The molecule has 0 spiro atoms. The monoisotopic (exact) mass is 1750 g/mol. The van der Waals surface area contributed by atoms with Gasteiger partial charge in [-0.25, -0.2) is 0 Å². The summed E-state index contributed by atoms with van der Waals surface area (Å²) in [5, 5.41) is 53.8. The van der Waals surface area contributed by atoms with Gasteiger partial charge in [0.1, 0.15) is 86.6 Å². The first-order valence-electron chi connectivity index (χ1n) is 42.0. The van der Waals surface area contributed by atoms with Crippen molar-refractivity contribution in [1.82, 2.24) is 95.3 Å². The molecule has 1 rings (SSSR count). The third-order valence-corrected chi connectivity index (χ3v) is 21.1. The van der Waals surface area contributed by atoms with Crippen LogP contribution >= 0.6 is 0 Å². The number of carbonyl (C=O) groups excluding carboxylic acids is 20. The Balaban J connectivity index is 3.27. The molecule has 11 atom stereocenters. The van der Waals surface area contributed by atoms with Gasteiger partial charge in [-0.1, -0.05) is 76.2 Å². The van der Waals surface area contributed by atoms with Crippen LogP contribution in [0.4, 0.5) is 0 Å². The van der Waals surface area contributed by atoms with E-state index >= 15 is 0 Å². The zero-order valence-electron chi connectivity index (χ0n) is 77.0. The lowest BCUT2D eigenvalue weighted by Gasteiger charge is -2.36. The van der Waals surface area contributed by atoms with E-state index in [0.717, 1.165) is 0 Å². The maximum absolute atomic E-state index is 14.6. The van der Waals surface area contributed by atoms with E-state index in [9.17, 15) is 101 Å². The molecule has 11 unspecified atom stereocenters. The van der Waals surface area contributed by atoms with E-state index in [2.05, 4.69) is 90.4 Å². The number of nitrogens with one attached hydrogen (secondary N) is 17. The summed E-state index contributed by atoms with van der Waals surface area (Å²) >= 11 is 0. The van der Waals surface area contributed by atoms with E-state index in [-0.39, 0.29) is 75.7 Å². The Morgan fingerprint density at radius 1 is 0.390 bits per heavy atom. The summed E-state index contributed by atoms with van der Waals surface area (Å²) in [6.45, 7) is 37.4. The molecule has 123 heavy (non-hydrogen) atoms. The maximum atomic E-state index is 14.6. The fourth-order valence-electron chi connectivity index (χ4n) is 12.7. The molecule has 1 aliphatic rings. The molecule has 1 fully saturated rings. The predicted octanol–water partition coefficient (Wildman–Crippen LogP) is -2.71. The van der Waals surface area contributed by atoms with Crippen molar-refractivity contribution in [3.63, 3.8) is 0 Å². The Bertz CT molecular complexity index is 3840. The van der Waals surface area contributed by atoms with Crippen LogP contribution in [0, 0.1) is 23.7 Å². The number of hydrogen-bond acceptors (Lipinski definition) is 21. The van der Waals surface area contributed by atoms with Gasteiger partial charge in [-0.3, -0.25) is 95.9 Å². The molecule has 20 amide bonds. The minimum absolute atomic E-state index is 0.0131. The lowest BCUT2D eigenvalue weighted by molar-refractivity contribution is -0.145. The number of carbonyl (C=O) groups is 20. The number of primary amides is 2. The Labute approximate surface area is 722 Å². The standard InChI is InChI=1S/C82H144N20O21/c1-27-80(24,99-62(111)51(33-35-56(84)106)92-72(121)82(26,29-3)100-69(118)77(18,19)95-60(109)47(12)87-57(107)40-85-67(116)75(14,15)94-48(13)104)73(122)93-59(46(10)11)66(115)98-76(16,17)68(117)86-41-58(108)89-52(38-44(6)7)63(112)97-79(22,23)74(123)102-36-30-31-54(102)65(114)90-53(39-45(8)9)64(113)96-78(20,21)70(119)101-81(25,28-2)71(120)91-50(32-34-55(83)105)61(110)88-49(42-103)37-43(4)5/h43-47,49-54,59,103H,27-42H2,1-26H3,(H2,83,105)(H2,84,106)(H,85,116)(H,86,117)(H,87,107)(H,88,110)(H,89,108)(H,90,114)(H,91,120)(H,92,121)(H,93,122)(H,94,104)(H,95,109)(H,96,113)(H,97,112)(H,98,115)(H,99,111)(H,100,118)(H,101,119). The summed E-state index contributed by atoms with van der Waals surface area (Å²) in [6, 6.07) is -9.89. The fraction of sp³-hybridized carbons (Fsp3) is 0.756. The van der Waals surface area contributed by atoms with Gasteiger partial charge in [-0.05, 0) is 185 Å². The number of likely N-dealkylation sites (tertiary alicyclic amines) is 1. The van der Waals surface area contributed by atoms with Gasteiger partial charge in [0.15, 0.2) is 0 Å². The molecular weight excluding hydrogens is 1600 g/mol. The molecule has 0 aromatic heterocycles. The average molecular weight is 1750 g/mol. The summed E-state index contributed by atoms with van der Waals surface area (Å²) in [5.74, 6) is -17.1. The van der Waals surface area contributed by atoms with Crippen molar-refractivity contribution < 1.29 is 101 Å². The summed E-state index contributed by atoms with van der Waals surface area (Å²) in [7, 11) is 0. The Kier molecular flexibility index (Phi) is 42.4. The van der Waals surface area contributed by atoms with Gasteiger partial charge < -0.3 is 112 Å². The van der Waals surface area contributed by atoms with Gasteiger partial charge in [0, 0.05) is 26.3 Å². The lowest BCUT2D eigenvalue weighted by atomic mass is 9.92. The topological polar surface area (TPSA) is 621 Å². The van der Waals surface area contributed by atoms with E-state index in [1.165, 1.54) is 123 Å². The number of hydrogen-bond donors (Lipinski definition) is 20. The number of aliphatic hydroxyl groups is 1. The summed E-state index contributed by atoms with van der Waals surface area (Å²) in [6.07, 6.45) is -0.558. The van der Waals surface area contributed by atoms with E-state index in [1.807, 2.05) is 13.8 Å². The van der Waals surface area contributed by atoms with Crippen LogP contribution in [-0.2, 0) is 95.9 Å². The minimum atomic E-state index is -1.85. The van der Waals surface area contributed by atoms with Gasteiger partial charge in [0.25, 0.3) is 0 Å². The molecule has 1 saturated heterocycles. The second kappa shape index (κ2) is 47.3.